The van der Waals surface area contributed by atoms with E-state index in [4.69, 9.17) is 46.4 Å². The summed E-state index contributed by atoms with van der Waals surface area (Å²) in [5, 5.41) is 21.2. The van der Waals surface area contributed by atoms with Gasteiger partial charge in [-0.15, -0.1) is 0 Å². The molecule has 0 aliphatic rings. The monoisotopic (exact) mass is 492 g/mol. The molecule has 0 aliphatic carbocycles. The van der Waals surface area contributed by atoms with Gasteiger partial charge in [-0.25, -0.2) is 0 Å². The Labute approximate surface area is 186 Å². The molecule has 3 aromatic rings. The first kappa shape index (κ1) is 22.0. The van der Waals surface area contributed by atoms with E-state index in [0.717, 1.165) is 6.07 Å². The zero-order chi connectivity index (χ0) is 21.6. The fourth-order valence-electron chi connectivity index (χ4n) is 3.25. The Morgan fingerprint density at radius 3 is 1.90 bits per heavy atom. The highest BCUT2D eigenvalue weighted by atomic mass is 35.5. The Kier molecular flexibility index (Phi) is 5.98. The van der Waals surface area contributed by atoms with Crippen molar-refractivity contribution < 1.29 is 23.2 Å². The Balaban J connectivity index is 2.65. The molecule has 0 aliphatic heterocycles. The molecular weight excluding hydrogens is 482 g/mol. The molecule has 0 spiro atoms. The van der Waals surface area contributed by atoms with E-state index < -0.39 is 31.9 Å². The van der Waals surface area contributed by atoms with Crippen LogP contribution in [-0.4, -0.2) is 23.2 Å². The minimum Gasteiger partial charge on any atom is -0.507 e. The average Bonchev–Trinajstić information content (AvgIpc) is 2.60. The summed E-state index contributed by atoms with van der Waals surface area (Å²) in [5.41, 5.74) is -0.806. The lowest BCUT2D eigenvalue weighted by molar-refractivity contribution is 0.416. The lowest BCUT2D eigenvalue weighted by Gasteiger charge is -2.33. The van der Waals surface area contributed by atoms with Gasteiger partial charge in [0.05, 0.1) is 10.6 Å². The number of aromatic hydroxyl groups is 2. The van der Waals surface area contributed by atoms with Gasteiger partial charge in [-0.05, 0) is 53.6 Å². The smallest absolute Gasteiger partial charge is 0.283 e. The summed E-state index contributed by atoms with van der Waals surface area (Å²) in [4.78, 5) is 0. The van der Waals surface area contributed by atoms with Gasteiger partial charge in [0, 0.05) is 15.1 Å². The highest BCUT2D eigenvalue weighted by Gasteiger charge is 2.52. The van der Waals surface area contributed by atoms with E-state index in [0.29, 0.717) is 0 Å². The van der Waals surface area contributed by atoms with Crippen LogP contribution in [0, 0.1) is 0 Å². The molecule has 10 heteroatoms. The fourth-order valence-corrected chi connectivity index (χ4v) is 5.42. The molecule has 29 heavy (non-hydrogen) atoms. The van der Waals surface area contributed by atoms with Gasteiger partial charge in [0.1, 0.15) is 11.5 Å². The van der Waals surface area contributed by atoms with Crippen molar-refractivity contribution in [1.82, 2.24) is 0 Å². The normalized spacial score (nSPS) is 13.8. The fraction of sp³-hybridized carbons (Fsp3) is 0.0526. The van der Waals surface area contributed by atoms with Gasteiger partial charge in [0.2, 0.25) is 0 Å². The van der Waals surface area contributed by atoms with Crippen LogP contribution in [-0.2, 0) is 14.9 Å². The van der Waals surface area contributed by atoms with E-state index in [1.165, 1.54) is 48.5 Å². The van der Waals surface area contributed by atoms with Crippen LogP contribution in [0.5, 0.6) is 11.5 Å². The Hall–Kier alpha value is -1.67. The van der Waals surface area contributed by atoms with E-state index in [1.54, 1.807) is 0 Å². The van der Waals surface area contributed by atoms with Crippen LogP contribution >= 0.6 is 46.4 Å². The number of phenols is 2. The van der Waals surface area contributed by atoms with Crippen molar-refractivity contribution in [3.63, 3.8) is 0 Å². The van der Waals surface area contributed by atoms with E-state index in [1.807, 2.05) is 0 Å². The van der Waals surface area contributed by atoms with Gasteiger partial charge in [-0.2, -0.15) is 8.42 Å². The first-order valence-corrected chi connectivity index (χ1v) is 10.8. The van der Waals surface area contributed by atoms with Crippen molar-refractivity contribution in [1.29, 1.82) is 0 Å². The molecule has 0 heterocycles. The summed E-state index contributed by atoms with van der Waals surface area (Å²) in [5.74, 6) is -1.39. The number of halogens is 4. The third-order valence-electron chi connectivity index (χ3n) is 4.35. The first-order chi connectivity index (χ1) is 13.5. The van der Waals surface area contributed by atoms with Crippen LogP contribution in [0.3, 0.4) is 0 Å². The van der Waals surface area contributed by atoms with Crippen LogP contribution in [0.15, 0.2) is 54.6 Å². The maximum Gasteiger partial charge on any atom is 0.283 e. The van der Waals surface area contributed by atoms with Crippen LogP contribution in [0.1, 0.15) is 16.7 Å². The van der Waals surface area contributed by atoms with Crippen molar-refractivity contribution in [2.45, 2.75) is 4.75 Å². The summed E-state index contributed by atoms with van der Waals surface area (Å²) in [6.07, 6.45) is 0. The zero-order valence-corrected chi connectivity index (χ0v) is 18.1. The second kappa shape index (κ2) is 7.87. The molecule has 3 rings (SSSR count). The number of rotatable bonds is 4. The molecule has 0 saturated carbocycles. The molecule has 1 atom stereocenters. The lowest BCUT2D eigenvalue weighted by Crippen LogP contribution is -2.38. The number of phenolic OH excluding ortho intramolecular Hbond substituents is 2. The molecule has 0 amide bonds. The highest BCUT2D eigenvalue weighted by Crippen LogP contribution is 2.53. The zero-order valence-electron chi connectivity index (χ0n) is 14.3. The Morgan fingerprint density at radius 2 is 1.34 bits per heavy atom. The molecule has 0 fully saturated rings. The van der Waals surface area contributed by atoms with Gasteiger partial charge in [-0.3, -0.25) is 4.55 Å². The first-order valence-electron chi connectivity index (χ1n) is 7.89. The van der Waals surface area contributed by atoms with Gasteiger partial charge in [0.25, 0.3) is 10.1 Å². The molecular formula is C19H12Cl4O5S. The summed E-state index contributed by atoms with van der Waals surface area (Å²) in [6, 6.07) is 11.7. The number of hydrogen-bond acceptors (Lipinski definition) is 4. The van der Waals surface area contributed by atoms with E-state index >= 15 is 0 Å². The van der Waals surface area contributed by atoms with Crippen molar-refractivity contribution in [3.05, 3.63) is 91.4 Å². The van der Waals surface area contributed by atoms with Crippen molar-refractivity contribution >= 4 is 56.5 Å². The summed E-state index contributed by atoms with van der Waals surface area (Å²) in [7, 11) is -5.15. The predicted octanol–water partition coefficient (Wildman–Crippen LogP) is 5.89. The van der Waals surface area contributed by atoms with E-state index in [2.05, 4.69) is 0 Å². The van der Waals surface area contributed by atoms with Crippen LogP contribution in [0.2, 0.25) is 20.1 Å². The SMILES string of the molecule is O=S(=O)(O)C(c1cccc(Cl)c1)(c1cc(Cl)cc(Cl)c1)c1c(O)ccc(Cl)c1O. The predicted molar refractivity (Wildman–Crippen MR) is 114 cm³/mol. The van der Waals surface area contributed by atoms with Gasteiger partial charge in [-0.1, -0.05) is 58.5 Å². The minimum atomic E-state index is -5.15. The molecule has 0 saturated heterocycles. The van der Waals surface area contributed by atoms with Crippen LogP contribution < -0.4 is 0 Å². The number of hydrogen-bond donors (Lipinski definition) is 3. The second-order valence-electron chi connectivity index (χ2n) is 6.11. The molecule has 1 unspecified atom stereocenters. The maximum atomic E-state index is 13.0. The summed E-state index contributed by atoms with van der Waals surface area (Å²) < 4.78 is 33.9. The minimum absolute atomic E-state index is 0.0589. The summed E-state index contributed by atoms with van der Waals surface area (Å²) >= 11 is 24.2. The third-order valence-corrected chi connectivity index (χ3v) is 6.77. The molecule has 0 radical (unpaired) electrons. The largest absolute Gasteiger partial charge is 0.507 e. The van der Waals surface area contributed by atoms with E-state index in [9.17, 15) is 23.2 Å². The lowest BCUT2D eigenvalue weighted by atomic mass is 9.83. The van der Waals surface area contributed by atoms with Crippen molar-refractivity contribution in [2.24, 2.45) is 0 Å². The van der Waals surface area contributed by atoms with Gasteiger partial charge in [0.15, 0.2) is 4.75 Å². The Morgan fingerprint density at radius 1 is 0.759 bits per heavy atom. The molecule has 5 nitrogen and oxygen atoms in total. The quantitative estimate of drug-likeness (QED) is 0.311. The van der Waals surface area contributed by atoms with Gasteiger partial charge >= 0.3 is 0 Å². The maximum absolute atomic E-state index is 13.0. The third kappa shape index (κ3) is 3.77. The molecule has 3 N–H and O–H groups in total. The molecule has 0 bridgehead atoms. The van der Waals surface area contributed by atoms with Crippen LogP contribution in [0.25, 0.3) is 0 Å². The average molecular weight is 494 g/mol. The van der Waals surface area contributed by atoms with Crippen molar-refractivity contribution in [2.75, 3.05) is 0 Å². The molecule has 3 aromatic carbocycles. The Bertz CT molecular complexity index is 1190. The van der Waals surface area contributed by atoms with E-state index in [-0.39, 0.29) is 31.2 Å². The highest BCUT2D eigenvalue weighted by molar-refractivity contribution is 7.87. The topological polar surface area (TPSA) is 94.8 Å². The van der Waals surface area contributed by atoms with Gasteiger partial charge < -0.3 is 10.2 Å². The summed E-state index contributed by atoms with van der Waals surface area (Å²) in [6.45, 7) is 0. The standard InChI is InChI=1S/C19H12Cl4O5S/c20-12-3-1-2-10(6-12)19(29(26,27)28,11-7-13(21)9-14(22)8-11)17-16(24)5-4-15(23)18(17)25/h1-9,24-25H,(H,26,27,28). The molecule has 152 valence electrons. The second-order valence-corrected chi connectivity index (χ2v) is 9.39. The molecule has 0 aromatic heterocycles. The van der Waals surface area contributed by atoms with Crippen LogP contribution in [0.4, 0.5) is 0 Å². The number of benzene rings is 3. The van der Waals surface area contributed by atoms with Crippen molar-refractivity contribution in [3.8, 4) is 11.5 Å².